The number of benzene rings is 2. The third-order valence-corrected chi connectivity index (χ3v) is 3.37. The van der Waals surface area contributed by atoms with Gasteiger partial charge in [0.25, 0.3) is 0 Å². The van der Waals surface area contributed by atoms with E-state index in [1.807, 2.05) is 43.3 Å². The van der Waals surface area contributed by atoms with Gasteiger partial charge >= 0.3 is 0 Å². The second kappa shape index (κ2) is 6.44. The van der Waals surface area contributed by atoms with Crippen molar-refractivity contribution < 1.29 is 4.74 Å². The molecule has 0 aliphatic carbocycles. The highest BCUT2D eigenvalue weighted by atomic mass is 35.5. The van der Waals surface area contributed by atoms with Crippen molar-refractivity contribution in [1.29, 1.82) is 5.41 Å². The molecular weight excluding hydrogens is 272 g/mol. The van der Waals surface area contributed by atoms with Crippen LogP contribution in [-0.4, -0.2) is 13.3 Å². The highest BCUT2D eigenvalue weighted by Crippen LogP contribution is 2.26. The highest BCUT2D eigenvalue weighted by Gasteiger charge is 2.06. The van der Waals surface area contributed by atoms with Gasteiger partial charge in [-0.1, -0.05) is 23.7 Å². The zero-order valence-corrected chi connectivity index (χ0v) is 12.3. The van der Waals surface area contributed by atoms with Crippen LogP contribution < -0.4 is 10.1 Å². The van der Waals surface area contributed by atoms with E-state index in [9.17, 15) is 0 Å². The maximum atomic E-state index is 7.50. The van der Waals surface area contributed by atoms with Crippen LogP contribution in [0.1, 0.15) is 16.7 Å². The first-order valence-electron chi connectivity index (χ1n) is 6.31. The Bertz CT molecular complexity index is 609. The Morgan fingerprint density at radius 3 is 2.55 bits per heavy atom. The van der Waals surface area contributed by atoms with E-state index >= 15 is 0 Å². The summed E-state index contributed by atoms with van der Waals surface area (Å²) < 4.78 is 5.27. The topological polar surface area (TPSA) is 45.1 Å². The number of methoxy groups -OCH3 is 1. The molecule has 0 fully saturated rings. The standard InChI is InChI=1S/C16H17ClN2O/c1-11-7-15(13(9-18)8-16(11)20-2)19-10-12-3-5-14(17)6-4-12/h3-9,18-19H,10H2,1-2H3. The van der Waals surface area contributed by atoms with Crippen LogP contribution in [0, 0.1) is 12.3 Å². The zero-order valence-electron chi connectivity index (χ0n) is 11.5. The van der Waals surface area contributed by atoms with E-state index in [0.717, 1.165) is 33.1 Å². The molecule has 0 saturated carbocycles. The van der Waals surface area contributed by atoms with Crippen LogP contribution in [-0.2, 0) is 6.54 Å². The molecule has 0 unspecified atom stereocenters. The van der Waals surface area contributed by atoms with Crippen LogP contribution in [0.15, 0.2) is 36.4 Å². The Labute approximate surface area is 124 Å². The minimum absolute atomic E-state index is 0.684. The molecule has 0 aliphatic rings. The molecule has 4 heteroatoms. The average molecular weight is 289 g/mol. The van der Waals surface area contributed by atoms with Crippen LogP contribution in [0.2, 0.25) is 5.02 Å². The van der Waals surface area contributed by atoms with Gasteiger partial charge in [-0.2, -0.15) is 0 Å². The van der Waals surface area contributed by atoms with Gasteiger partial charge in [0, 0.05) is 29.0 Å². The third-order valence-electron chi connectivity index (χ3n) is 3.12. The van der Waals surface area contributed by atoms with Crippen molar-refractivity contribution in [3.63, 3.8) is 0 Å². The smallest absolute Gasteiger partial charge is 0.122 e. The number of nitrogens with one attached hydrogen (secondary N) is 2. The van der Waals surface area contributed by atoms with Gasteiger partial charge < -0.3 is 15.5 Å². The fourth-order valence-corrected chi connectivity index (χ4v) is 2.12. The Kier molecular flexibility index (Phi) is 4.64. The van der Waals surface area contributed by atoms with Crippen LogP contribution in [0.4, 0.5) is 5.69 Å². The lowest BCUT2D eigenvalue weighted by molar-refractivity contribution is 0.411. The predicted octanol–water partition coefficient (Wildman–Crippen LogP) is 4.27. The van der Waals surface area contributed by atoms with E-state index in [0.29, 0.717) is 6.54 Å². The van der Waals surface area contributed by atoms with E-state index in [1.54, 1.807) is 7.11 Å². The van der Waals surface area contributed by atoms with Gasteiger partial charge in [-0.3, -0.25) is 0 Å². The highest BCUT2D eigenvalue weighted by molar-refractivity contribution is 6.30. The first-order chi connectivity index (χ1) is 9.63. The van der Waals surface area contributed by atoms with Crippen molar-refractivity contribution in [2.45, 2.75) is 13.5 Å². The summed E-state index contributed by atoms with van der Waals surface area (Å²) in [6.45, 7) is 2.67. The minimum Gasteiger partial charge on any atom is -0.496 e. The third kappa shape index (κ3) is 3.31. The summed E-state index contributed by atoms with van der Waals surface area (Å²) in [7, 11) is 1.64. The molecule has 2 rings (SSSR count). The lowest BCUT2D eigenvalue weighted by atomic mass is 10.1. The van der Waals surface area contributed by atoms with Gasteiger partial charge in [-0.05, 0) is 42.3 Å². The normalized spacial score (nSPS) is 10.2. The lowest BCUT2D eigenvalue weighted by Crippen LogP contribution is -2.03. The van der Waals surface area contributed by atoms with Crippen molar-refractivity contribution in [2.75, 3.05) is 12.4 Å². The van der Waals surface area contributed by atoms with Crippen molar-refractivity contribution in [3.05, 3.63) is 58.1 Å². The molecular formula is C16H17ClN2O. The second-order valence-electron chi connectivity index (χ2n) is 4.53. The molecule has 20 heavy (non-hydrogen) atoms. The van der Waals surface area contributed by atoms with Gasteiger partial charge in [0.2, 0.25) is 0 Å². The molecule has 0 amide bonds. The summed E-state index contributed by atoms with van der Waals surface area (Å²) in [6.07, 6.45) is 1.33. The van der Waals surface area contributed by atoms with Gasteiger partial charge in [0.15, 0.2) is 0 Å². The maximum absolute atomic E-state index is 7.50. The van der Waals surface area contributed by atoms with Crippen LogP contribution in [0.3, 0.4) is 0 Å². The Balaban J connectivity index is 2.18. The molecule has 0 radical (unpaired) electrons. The van der Waals surface area contributed by atoms with Crippen molar-refractivity contribution in [1.82, 2.24) is 0 Å². The fraction of sp³-hybridized carbons (Fsp3) is 0.188. The van der Waals surface area contributed by atoms with Gasteiger partial charge in [0.1, 0.15) is 5.75 Å². The summed E-state index contributed by atoms with van der Waals surface area (Å²) in [5.74, 6) is 0.792. The Morgan fingerprint density at radius 2 is 1.95 bits per heavy atom. The predicted molar refractivity (Wildman–Crippen MR) is 84.4 cm³/mol. The Morgan fingerprint density at radius 1 is 1.25 bits per heavy atom. The number of anilines is 1. The molecule has 104 valence electrons. The van der Waals surface area contributed by atoms with E-state index in [1.165, 1.54) is 6.21 Å². The quantitative estimate of drug-likeness (QED) is 0.807. The molecule has 0 aliphatic heterocycles. The van der Waals surface area contributed by atoms with Crippen LogP contribution >= 0.6 is 11.6 Å². The van der Waals surface area contributed by atoms with Crippen molar-refractivity contribution in [2.24, 2.45) is 0 Å². The first-order valence-corrected chi connectivity index (χ1v) is 6.69. The number of aryl methyl sites for hydroxylation is 1. The molecule has 0 bridgehead atoms. The van der Waals surface area contributed by atoms with E-state index in [2.05, 4.69) is 5.32 Å². The van der Waals surface area contributed by atoms with Gasteiger partial charge in [0.05, 0.1) is 7.11 Å². The molecule has 0 atom stereocenters. The summed E-state index contributed by atoms with van der Waals surface area (Å²) in [5.41, 5.74) is 3.91. The summed E-state index contributed by atoms with van der Waals surface area (Å²) >= 11 is 5.87. The monoisotopic (exact) mass is 288 g/mol. The number of hydrogen-bond donors (Lipinski definition) is 2. The number of rotatable bonds is 5. The fourth-order valence-electron chi connectivity index (χ4n) is 2.00. The maximum Gasteiger partial charge on any atom is 0.122 e. The number of hydrogen-bond acceptors (Lipinski definition) is 3. The number of ether oxygens (including phenoxy) is 1. The molecule has 2 N–H and O–H groups in total. The SMILES string of the molecule is COc1cc(C=N)c(NCc2ccc(Cl)cc2)cc1C. The van der Waals surface area contributed by atoms with Crippen LogP contribution in [0.5, 0.6) is 5.75 Å². The second-order valence-corrected chi connectivity index (χ2v) is 4.97. The number of halogens is 1. The molecule has 0 heterocycles. The van der Waals surface area contributed by atoms with E-state index < -0.39 is 0 Å². The summed E-state index contributed by atoms with van der Waals surface area (Å²) in [5, 5.41) is 11.6. The summed E-state index contributed by atoms with van der Waals surface area (Å²) in [4.78, 5) is 0. The van der Waals surface area contributed by atoms with Crippen LogP contribution in [0.25, 0.3) is 0 Å². The molecule has 0 aromatic heterocycles. The molecule has 2 aromatic carbocycles. The largest absolute Gasteiger partial charge is 0.496 e. The molecule has 0 saturated heterocycles. The van der Waals surface area contributed by atoms with E-state index in [-0.39, 0.29) is 0 Å². The van der Waals surface area contributed by atoms with Crippen molar-refractivity contribution in [3.8, 4) is 5.75 Å². The van der Waals surface area contributed by atoms with Gasteiger partial charge in [-0.25, -0.2) is 0 Å². The van der Waals surface area contributed by atoms with Gasteiger partial charge in [-0.15, -0.1) is 0 Å². The molecule has 0 spiro atoms. The minimum atomic E-state index is 0.684. The first kappa shape index (κ1) is 14.4. The Hall–Kier alpha value is -2.00. The average Bonchev–Trinajstić information content (AvgIpc) is 2.46. The summed E-state index contributed by atoms with van der Waals surface area (Å²) in [6, 6.07) is 11.6. The zero-order chi connectivity index (χ0) is 14.5. The van der Waals surface area contributed by atoms with E-state index in [4.69, 9.17) is 21.7 Å². The lowest BCUT2D eigenvalue weighted by Gasteiger charge is -2.13. The molecule has 2 aromatic rings. The molecule has 3 nitrogen and oxygen atoms in total. The van der Waals surface area contributed by atoms with Crippen molar-refractivity contribution >= 4 is 23.5 Å².